The lowest BCUT2D eigenvalue weighted by Crippen LogP contribution is -1.87. The van der Waals surface area contributed by atoms with Gasteiger partial charge in [0, 0.05) is 24.4 Å². The lowest BCUT2D eigenvalue weighted by Gasteiger charge is -2.02. The Morgan fingerprint density at radius 1 is 1.40 bits per heavy atom. The number of hydrogen-bond acceptors (Lipinski definition) is 1. The SMILES string of the molecule is CCc1ccc(-c2cnn(C)c2)c(F)c1. The molecular weight excluding hydrogens is 191 g/mol. The molecule has 0 fully saturated rings. The van der Waals surface area contributed by atoms with Gasteiger partial charge in [-0.1, -0.05) is 19.1 Å². The minimum absolute atomic E-state index is 0.178. The number of nitrogens with zero attached hydrogens (tertiary/aromatic N) is 2. The molecule has 3 heteroatoms. The van der Waals surface area contributed by atoms with Crippen molar-refractivity contribution in [3.05, 3.63) is 42.0 Å². The third-order valence-corrected chi connectivity index (χ3v) is 2.46. The molecule has 78 valence electrons. The van der Waals surface area contributed by atoms with E-state index >= 15 is 0 Å². The van der Waals surface area contributed by atoms with E-state index < -0.39 is 0 Å². The van der Waals surface area contributed by atoms with Gasteiger partial charge in [-0.15, -0.1) is 0 Å². The van der Waals surface area contributed by atoms with Gasteiger partial charge in [0.25, 0.3) is 0 Å². The van der Waals surface area contributed by atoms with Crippen LogP contribution in [0.4, 0.5) is 4.39 Å². The van der Waals surface area contributed by atoms with Crippen LogP contribution in [-0.2, 0) is 13.5 Å². The summed E-state index contributed by atoms with van der Waals surface area (Å²) in [5.74, 6) is -0.178. The van der Waals surface area contributed by atoms with E-state index in [4.69, 9.17) is 0 Å². The zero-order valence-electron chi connectivity index (χ0n) is 8.87. The van der Waals surface area contributed by atoms with E-state index in [2.05, 4.69) is 5.10 Å². The topological polar surface area (TPSA) is 17.8 Å². The lowest BCUT2D eigenvalue weighted by atomic mass is 10.1. The molecule has 0 atom stereocenters. The van der Waals surface area contributed by atoms with E-state index in [1.807, 2.05) is 32.3 Å². The maximum absolute atomic E-state index is 13.7. The standard InChI is InChI=1S/C12H13FN2/c1-3-9-4-5-11(12(13)6-9)10-7-14-15(2)8-10/h4-8H,3H2,1-2H3. The van der Waals surface area contributed by atoms with Gasteiger partial charge in [0.2, 0.25) is 0 Å². The van der Waals surface area contributed by atoms with Gasteiger partial charge in [-0.3, -0.25) is 4.68 Å². The molecule has 0 amide bonds. The number of aryl methyl sites for hydroxylation is 2. The molecule has 2 rings (SSSR count). The summed E-state index contributed by atoms with van der Waals surface area (Å²) in [4.78, 5) is 0. The summed E-state index contributed by atoms with van der Waals surface area (Å²) in [5.41, 5.74) is 2.44. The number of halogens is 1. The van der Waals surface area contributed by atoms with E-state index in [9.17, 15) is 4.39 Å². The van der Waals surface area contributed by atoms with Crippen molar-refractivity contribution in [3.8, 4) is 11.1 Å². The molecule has 1 aromatic heterocycles. The summed E-state index contributed by atoms with van der Waals surface area (Å²) in [6, 6.07) is 5.35. The highest BCUT2D eigenvalue weighted by molar-refractivity contribution is 5.62. The van der Waals surface area contributed by atoms with Crippen LogP contribution >= 0.6 is 0 Å². The van der Waals surface area contributed by atoms with Crippen LogP contribution in [0.25, 0.3) is 11.1 Å². The van der Waals surface area contributed by atoms with Crippen molar-refractivity contribution < 1.29 is 4.39 Å². The fraction of sp³-hybridized carbons (Fsp3) is 0.250. The van der Waals surface area contributed by atoms with Crippen LogP contribution in [0.15, 0.2) is 30.6 Å². The molecule has 0 aliphatic carbocycles. The monoisotopic (exact) mass is 204 g/mol. The highest BCUT2D eigenvalue weighted by atomic mass is 19.1. The van der Waals surface area contributed by atoms with Crippen LogP contribution in [0.3, 0.4) is 0 Å². The van der Waals surface area contributed by atoms with Gasteiger partial charge in [-0.2, -0.15) is 5.10 Å². The molecule has 0 aliphatic heterocycles. The van der Waals surface area contributed by atoms with Crippen molar-refractivity contribution >= 4 is 0 Å². The first-order chi connectivity index (χ1) is 7.20. The molecule has 0 spiro atoms. The smallest absolute Gasteiger partial charge is 0.131 e. The fourth-order valence-corrected chi connectivity index (χ4v) is 1.57. The van der Waals surface area contributed by atoms with Gasteiger partial charge in [0.1, 0.15) is 5.82 Å². The van der Waals surface area contributed by atoms with Gasteiger partial charge in [-0.25, -0.2) is 4.39 Å². The zero-order valence-corrected chi connectivity index (χ0v) is 8.87. The van der Waals surface area contributed by atoms with Gasteiger partial charge in [-0.05, 0) is 18.1 Å². The van der Waals surface area contributed by atoms with Crippen LogP contribution < -0.4 is 0 Å². The van der Waals surface area contributed by atoms with Crippen molar-refractivity contribution in [2.75, 3.05) is 0 Å². The summed E-state index contributed by atoms with van der Waals surface area (Å²) < 4.78 is 15.4. The largest absolute Gasteiger partial charge is 0.275 e. The molecule has 0 bridgehead atoms. The summed E-state index contributed by atoms with van der Waals surface area (Å²) in [5, 5.41) is 4.03. The first kappa shape index (κ1) is 9.90. The Kier molecular flexibility index (Phi) is 2.54. The Labute approximate surface area is 88.4 Å². The van der Waals surface area contributed by atoms with Crippen molar-refractivity contribution in [2.24, 2.45) is 7.05 Å². The Balaban J connectivity index is 2.45. The number of hydrogen-bond donors (Lipinski definition) is 0. The molecule has 0 unspecified atom stereocenters. The average Bonchev–Trinajstić information content (AvgIpc) is 2.64. The molecule has 0 N–H and O–H groups in total. The maximum atomic E-state index is 13.7. The van der Waals surface area contributed by atoms with Crippen molar-refractivity contribution in [2.45, 2.75) is 13.3 Å². The Morgan fingerprint density at radius 2 is 2.20 bits per heavy atom. The number of rotatable bonds is 2. The summed E-state index contributed by atoms with van der Waals surface area (Å²) in [6.45, 7) is 2.01. The molecular formula is C12H13FN2. The minimum atomic E-state index is -0.178. The molecule has 2 nitrogen and oxygen atoms in total. The van der Waals surface area contributed by atoms with Gasteiger partial charge in [0.15, 0.2) is 0 Å². The van der Waals surface area contributed by atoms with Crippen LogP contribution in [0, 0.1) is 5.82 Å². The molecule has 15 heavy (non-hydrogen) atoms. The quantitative estimate of drug-likeness (QED) is 0.735. The van der Waals surface area contributed by atoms with E-state index in [1.165, 1.54) is 0 Å². The first-order valence-corrected chi connectivity index (χ1v) is 4.98. The molecule has 1 heterocycles. The molecule has 0 saturated carbocycles. The lowest BCUT2D eigenvalue weighted by molar-refractivity contribution is 0.629. The van der Waals surface area contributed by atoms with Crippen molar-refractivity contribution in [1.82, 2.24) is 9.78 Å². The Bertz CT molecular complexity index is 474. The number of aromatic nitrogens is 2. The van der Waals surface area contributed by atoms with Gasteiger partial charge < -0.3 is 0 Å². The van der Waals surface area contributed by atoms with Gasteiger partial charge in [0.05, 0.1) is 6.20 Å². The second-order valence-corrected chi connectivity index (χ2v) is 3.57. The van der Waals surface area contributed by atoms with E-state index in [0.29, 0.717) is 5.56 Å². The van der Waals surface area contributed by atoms with Crippen LogP contribution in [0.5, 0.6) is 0 Å². The molecule has 2 aromatic rings. The van der Waals surface area contributed by atoms with Crippen molar-refractivity contribution in [3.63, 3.8) is 0 Å². The average molecular weight is 204 g/mol. The van der Waals surface area contributed by atoms with Gasteiger partial charge >= 0.3 is 0 Å². The third-order valence-electron chi connectivity index (χ3n) is 2.46. The Hall–Kier alpha value is -1.64. The fourth-order valence-electron chi connectivity index (χ4n) is 1.57. The summed E-state index contributed by atoms with van der Waals surface area (Å²) in [6.07, 6.45) is 4.33. The van der Waals surface area contributed by atoms with E-state index in [0.717, 1.165) is 17.5 Å². The zero-order chi connectivity index (χ0) is 10.8. The highest BCUT2D eigenvalue weighted by Gasteiger charge is 2.06. The normalized spacial score (nSPS) is 10.6. The second-order valence-electron chi connectivity index (χ2n) is 3.57. The van der Waals surface area contributed by atoms with Crippen LogP contribution in [-0.4, -0.2) is 9.78 Å². The van der Waals surface area contributed by atoms with Crippen molar-refractivity contribution in [1.29, 1.82) is 0 Å². The highest BCUT2D eigenvalue weighted by Crippen LogP contribution is 2.22. The number of benzene rings is 1. The maximum Gasteiger partial charge on any atom is 0.131 e. The third kappa shape index (κ3) is 1.91. The molecule has 0 radical (unpaired) electrons. The van der Waals surface area contributed by atoms with Crippen LogP contribution in [0.2, 0.25) is 0 Å². The van der Waals surface area contributed by atoms with E-state index in [1.54, 1.807) is 16.9 Å². The minimum Gasteiger partial charge on any atom is -0.275 e. The Morgan fingerprint density at radius 3 is 2.73 bits per heavy atom. The molecule has 0 aliphatic rings. The molecule has 0 saturated heterocycles. The first-order valence-electron chi connectivity index (χ1n) is 4.98. The van der Waals surface area contributed by atoms with E-state index in [-0.39, 0.29) is 5.82 Å². The van der Waals surface area contributed by atoms with Crippen LogP contribution in [0.1, 0.15) is 12.5 Å². The molecule has 1 aromatic carbocycles. The second kappa shape index (κ2) is 3.85. The summed E-state index contributed by atoms with van der Waals surface area (Å²) >= 11 is 0. The predicted molar refractivity (Wildman–Crippen MR) is 58.0 cm³/mol. The summed E-state index contributed by atoms with van der Waals surface area (Å²) in [7, 11) is 1.82. The predicted octanol–water partition coefficient (Wildman–Crippen LogP) is 2.79.